The summed E-state index contributed by atoms with van der Waals surface area (Å²) in [5.41, 5.74) is 1.41. The predicted octanol–water partition coefficient (Wildman–Crippen LogP) is 6.52. The predicted molar refractivity (Wildman–Crippen MR) is 163 cm³/mol. The third-order valence-electron chi connectivity index (χ3n) is 5.10. The summed E-state index contributed by atoms with van der Waals surface area (Å²) < 4.78 is 14.6. The number of hydrogen-bond acceptors (Lipinski definition) is 8. The molecule has 0 fully saturated rings. The van der Waals surface area contributed by atoms with Crippen LogP contribution in [0.1, 0.15) is 92.9 Å². The molecule has 0 heterocycles. The van der Waals surface area contributed by atoms with Crippen molar-refractivity contribution in [3.63, 3.8) is 0 Å². The van der Waals surface area contributed by atoms with Crippen LogP contribution in [0.15, 0.2) is 59.8 Å². The van der Waals surface area contributed by atoms with Crippen LogP contribution in [0.3, 0.4) is 0 Å². The van der Waals surface area contributed by atoms with E-state index in [1.807, 2.05) is 13.8 Å². The van der Waals surface area contributed by atoms with Gasteiger partial charge in [0.25, 0.3) is 0 Å². The first kappa shape index (κ1) is 42.5. The molecule has 0 radical (unpaired) electrons. The molecule has 0 rings (SSSR count). The molecule has 0 bridgehead atoms. The standard InChI is InChI=1S/2C12H18O4.C8H14O2/c2*1-4-5-8-16-12(15)10(3)7-6-9(2)11(13)14;1-4-5-6-10-8(9)7(2)3/h2*6H,3-5,7-8H2,1-2H3,(H,13,14);2,4-6H2,1,3H3. The average Bonchev–Trinajstić information content (AvgIpc) is 2.94. The van der Waals surface area contributed by atoms with Gasteiger partial charge in [-0.15, -0.1) is 0 Å². The number of rotatable bonds is 18. The minimum atomic E-state index is -0.993. The maximum absolute atomic E-state index is 11.3. The number of unbranched alkanes of at least 4 members (excludes halogenated alkanes) is 3. The Morgan fingerprint density at radius 2 is 0.857 bits per heavy atom. The van der Waals surface area contributed by atoms with Crippen molar-refractivity contribution in [3.8, 4) is 0 Å². The van der Waals surface area contributed by atoms with Crippen molar-refractivity contribution in [3.05, 3.63) is 59.8 Å². The van der Waals surface area contributed by atoms with Crippen LogP contribution in [0.4, 0.5) is 0 Å². The van der Waals surface area contributed by atoms with Gasteiger partial charge < -0.3 is 24.4 Å². The average molecular weight is 595 g/mol. The molecule has 238 valence electrons. The minimum absolute atomic E-state index is 0.197. The number of ether oxygens (including phenoxy) is 3. The van der Waals surface area contributed by atoms with E-state index in [1.54, 1.807) is 6.92 Å². The SMILES string of the molecule is C=C(C)C(=O)OCCCC.C=C(CC=C(C)C(=O)O)C(=O)OCCCC.C=C(CC=C(C)C(=O)O)C(=O)OCCCC. The maximum Gasteiger partial charge on any atom is 0.333 e. The van der Waals surface area contributed by atoms with Crippen molar-refractivity contribution in [2.75, 3.05) is 19.8 Å². The Bertz CT molecular complexity index is 908. The first-order valence-electron chi connectivity index (χ1n) is 14.0. The van der Waals surface area contributed by atoms with Gasteiger partial charge >= 0.3 is 29.8 Å². The van der Waals surface area contributed by atoms with Crippen LogP contribution in [-0.2, 0) is 38.2 Å². The molecule has 10 nitrogen and oxygen atoms in total. The van der Waals surface area contributed by atoms with Crippen molar-refractivity contribution >= 4 is 29.8 Å². The molecule has 42 heavy (non-hydrogen) atoms. The Hall–Kier alpha value is -3.95. The normalized spacial score (nSPS) is 10.5. The Balaban J connectivity index is -0.000000560. The lowest BCUT2D eigenvalue weighted by Crippen LogP contribution is -2.08. The zero-order chi connectivity index (χ0) is 33.1. The van der Waals surface area contributed by atoms with E-state index in [2.05, 4.69) is 26.7 Å². The van der Waals surface area contributed by atoms with Gasteiger partial charge in [-0.1, -0.05) is 71.9 Å². The Morgan fingerprint density at radius 1 is 0.571 bits per heavy atom. The zero-order valence-corrected chi connectivity index (χ0v) is 26.2. The number of aliphatic carboxylic acids is 2. The number of allylic oxidation sites excluding steroid dienone is 2. The number of hydrogen-bond donors (Lipinski definition) is 2. The molecular weight excluding hydrogens is 544 g/mol. The summed E-state index contributed by atoms with van der Waals surface area (Å²) in [6.07, 6.45) is 8.85. The fourth-order valence-electron chi connectivity index (χ4n) is 2.15. The third kappa shape index (κ3) is 26.3. The summed E-state index contributed by atoms with van der Waals surface area (Å²) in [6.45, 7) is 22.5. The first-order chi connectivity index (χ1) is 19.7. The molecule has 2 N–H and O–H groups in total. The molecule has 0 saturated heterocycles. The summed E-state index contributed by atoms with van der Waals surface area (Å²) in [4.78, 5) is 54.3. The molecule has 0 aromatic rings. The lowest BCUT2D eigenvalue weighted by molar-refractivity contribution is -0.140. The van der Waals surface area contributed by atoms with Crippen LogP contribution in [0, 0.1) is 0 Å². The summed E-state index contributed by atoms with van der Waals surface area (Å²) in [7, 11) is 0. The summed E-state index contributed by atoms with van der Waals surface area (Å²) in [5.74, 6) is -3.18. The van der Waals surface area contributed by atoms with Crippen LogP contribution in [0.5, 0.6) is 0 Å². The van der Waals surface area contributed by atoms with Gasteiger partial charge in [0, 0.05) is 27.9 Å². The number of carboxylic acids is 2. The van der Waals surface area contributed by atoms with Gasteiger partial charge in [0.2, 0.25) is 0 Å². The summed E-state index contributed by atoms with van der Waals surface area (Å²) in [5, 5.41) is 17.2. The van der Waals surface area contributed by atoms with Gasteiger partial charge in [-0.2, -0.15) is 0 Å². The third-order valence-corrected chi connectivity index (χ3v) is 5.10. The smallest absolute Gasteiger partial charge is 0.333 e. The summed E-state index contributed by atoms with van der Waals surface area (Å²) in [6, 6.07) is 0. The largest absolute Gasteiger partial charge is 0.478 e. The first-order valence-corrected chi connectivity index (χ1v) is 14.0. The number of carbonyl (C=O) groups excluding carboxylic acids is 3. The van der Waals surface area contributed by atoms with Crippen LogP contribution in [0.2, 0.25) is 0 Å². The molecule has 0 atom stereocenters. The second kappa shape index (κ2) is 27.2. The molecule has 0 unspecified atom stereocenters. The molecule has 0 saturated carbocycles. The monoisotopic (exact) mass is 594 g/mol. The lowest BCUT2D eigenvalue weighted by atomic mass is 10.1. The number of carboxylic acid groups (broad SMARTS) is 2. The van der Waals surface area contributed by atoms with Gasteiger partial charge in [-0.05, 0) is 52.9 Å². The quantitative estimate of drug-likeness (QED) is 0.0776. The summed E-state index contributed by atoms with van der Waals surface area (Å²) >= 11 is 0. The Kier molecular flexibility index (Phi) is 27.6. The van der Waals surface area contributed by atoms with Crippen molar-refractivity contribution in [2.24, 2.45) is 0 Å². The van der Waals surface area contributed by atoms with E-state index in [4.69, 9.17) is 24.4 Å². The minimum Gasteiger partial charge on any atom is -0.478 e. The molecule has 0 amide bonds. The number of carbonyl (C=O) groups is 5. The highest BCUT2D eigenvalue weighted by atomic mass is 16.5. The fourth-order valence-corrected chi connectivity index (χ4v) is 2.15. The van der Waals surface area contributed by atoms with E-state index in [-0.39, 0.29) is 41.1 Å². The topological polar surface area (TPSA) is 154 Å². The van der Waals surface area contributed by atoms with Crippen molar-refractivity contribution < 1.29 is 48.4 Å². The lowest BCUT2D eigenvalue weighted by Gasteiger charge is -2.04. The van der Waals surface area contributed by atoms with E-state index in [0.29, 0.717) is 25.4 Å². The van der Waals surface area contributed by atoms with Gasteiger partial charge in [0.1, 0.15) is 0 Å². The molecular formula is C32H50O10. The molecule has 0 aliphatic heterocycles. The van der Waals surface area contributed by atoms with Crippen molar-refractivity contribution in [1.82, 2.24) is 0 Å². The maximum atomic E-state index is 11.3. The highest BCUT2D eigenvalue weighted by Crippen LogP contribution is 2.07. The zero-order valence-electron chi connectivity index (χ0n) is 26.2. The van der Waals surface area contributed by atoms with Gasteiger partial charge in [0.05, 0.1) is 19.8 Å². The fraction of sp³-hybridized carbons (Fsp3) is 0.531. The van der Waals surface area contributed by atoms with E-state index in [0.717, 1.165) is 38.5 Å². The Labute approximate surface area is 250 Å². The molecule has 0 spiro atoms. The number of esters is 3. The second-order valence-electron chi connectivity index (χ2n) is 9.25. The van der Waals surface area contributed by atoms with Crippen LogP contribution < -0.4 is 0 Å². The second-order valence-corrected chi connectivity index (χ2v) is 9.25. The van der Waals surface area contributed by atoms with E-state index in [1.165, 1.54) is 26.0 Å². The van der Waals surface area contributed by atoms with Crippen LogP contribution in [-0.4, -0.2) is 59.9 Å². The molecule has 10 heteroatoms. The van der Waals surface area contributed by atoms with E-state index in [9.17, 15) is 24.0 Å². The van der Waals surface area contributed by atoms with Gasteiger partial charge in [-0.25, -0.2) is 24.0 Å². The molecule has 0 aromatic carbocycles. The van der Waals surface area contributed by atoms with Crippen molar-refractivity contribution in [1.29, 1.82) is 0 Å². The molecule has 0 aromatic heterocycles. The van der Waals surface area contributed by atoms with Crippen molar-refractivity contribution in [2.45, 2.75) is 92.9 Å². The van der Waals surface area contributed by atoms with Gasteiger partial charge in [-0.3, -0.25) is 0 Å². The van der Waals surface area contributed by atoms with E-state index < -0.39 is 23.9 Å². The van der Waals surface area contributed by atoms with Crippen LogP contribution in [0.25, 0.3) is 0 Å². The Morgan fingerprint density at radius 3 is 1.10 bits per heavy atom. The highest BCUT2D eigenvalue weighted by Gasteiger charge is 2.09. The van der Waals surface area contributed by atoms with Gasteiger partial charge in [0.15, 0.2) is 0 Å². The van der Waals surface area contributed by atoms with Crippen LogP contribution >= 0.6 is 0 Å². The van der Waals surface area contributed by atoms with E-state index >= 15 is 0 Å². The molecule has 0 aliphatic rings. The molecule has 0 aliphatic carbocycles. The highest BCUT2D eigenvalue weighted by molar-refractivity contribution is 5.90.